The van der Waals surface area contributed by atoms with Gasteiger partial charge in [0.2, 0.25) is 0 Å². The number of nitrogens with two attached hydrogens (primary N) is 1. The van der Waals surface area contributed by atoms with Gasteiger partial charge in [0.1, 0.15) is 5.54 Å². The van der Waals surface area contributed by atoms with Crippen molar-refractivity contribution in [2.75, 3.05) is 19.6 Å². The summed E-state index contributed by atoms with van der Waals surface area (Å²) in [5.74, 6) is -0.893. The lowest BCUT2D eigenvalue weighted by molar-refractivity contribution is -0.142. The lowest BCUT2D eigenvalue weighted by Crippen LogP contribution is -2.50. The Morgan fingerprint density at radius 3 is 2.88 bits per heavy atom. The highest BCUT2D eigenvalue weighted by Gasteiger charge is 2.42. The molecule has 2 heterocycles. The van der Waals surface area contributed by atoms with Crippen LogP contribution in [-0.2, 0) is 9.53 Å². The molecule has 5 heteroatoms. The van der Waals surface area contributed by atoms with Gasteiger partial charge in [-0.05, 0) is 26.2 Å². The lowest BCUT2D eigenvalue weighted by Gasteiger charge is -2.22. The molecule has 2 saturated heterocycles. The van der Waals surface area contributed by atoms with Crippen LogP contribution in [-0.4, -0.2) is 53.4 Å². The summed E-state index contributed by atoms with van der Waals surface area (Å²) in [6.07, 6.45) is 3.30. The maximum Gasteiger partial charge on any atom is 0.325 e. The smallest absolute Gasteiger partial charge is 0.325 e. The molecule has 5 nitrogen and oxygen atoms in total. The van der Waals surface area contributed by atoms with Crippen molar-refractivity contribution in [3.05, 3.63) is 0 Å². The largest absolute Gasteiger partial charge is 0.480 e. The minimum atomic E-state index is -1.05. The molecule has 0 aromatic carbocycles. The van der Waals surface area contributed by atoms with Crippen molar-refractivity contribution in [2.45, 2.75) is 43.9 Å². The van der Waals surface area contributed by atoms with Crippen molar-refractivity contribution in [3.8, 4) is 0 Å². The molecule has 2 rings (SSSR count). The summed E-state index contributed by atoms with van der Waals surface area (Å²) in [6, 6.07) is 0. The fourth-order valence-corrected chi connectivity index (χ4v) is 2.55. The van der Waals surface area contributed by atoms with E-state index in [1.165, 1.54) is 0 Å². The van der Waals surface area contributed by atoms with E-state index >= 15 is 0 Å². The van der Waals surface area contributed by atoms with Gasteiger partial charge in [-0.15, -0.1) is 0 Å². The van der Waals surface area contributed by atoms with Gasteiger partial charge in [-0.1, -0.05) is 0 Å². The second kappa shape index (κ2) is 4.31. The number of hydrogen-bond acceptors (Lipinski definition) is 4. The van der Waals surface area contributed by atoms with Crippen LogP contribution in [0.2, 0.25) is 0 Å². The Labute approximate surface area is 95.5 Å². The molecule has 3 N–H and O–H groups in total. The highest BCUT2D eigenvalue weighted by atomic mass is 16.5. The van der Waals surface area contributed by atoms with Gasteiger partial charge in [0.05, 0.1) is 12.2 Å². The Bertz CT molecular complexity index is 284. The summed E-state index contributed by atoms with van der Waals surface area (Å²) in [5, 5.41) is 9.01. The maximum absolute atomic E-state index is 11.0. The van der Waals surface area contributed by atoms with E-state index in [4.69, 9.17) is 15.6 Å². The van der Waals surface area contributed by atoms with Crippen molar-refractivity contribution < 1.29 is 14.6 Å². The molecule has 92 valence electrons. The zero-order valence-corrected chi connectivity index (χ0v) is 9.69. The highest BCUT2D eigenvalue weighted by molar-refractivity contribution is 5.79. The molecule has 0 bridgehead atoms. The van der Waals surface area contributed by atoms with Crippen LogP contribution in [0.3, 0.4) is 0 Å². The van der Waals surface area contributed by atoms with Crippen molar-refractivity contribution >= 4 is 5.97 Å². The molecule has 2 aliphatic rings. The van der Waals surface area contributed by atoms with Crippen LogP contribution in [0.15, 0.2) is 0 Å². The zero-order chi connectivity index (χ0) is 11.8. The Balaban J connectivity index is 1.83. The van der Waals surface area contributed by atoms with Crippen molar-refractivity contribution in [2.24, 2.45) is 5.73 Å². The van der Waals surface area contributed by atoms with E-state index in [2.05, 4.69) is 11.8 Å². The molecule has 0 amide bonds. The number of hydrogen-bond donors (Lipinski definition) is 2. The van der Waals surface area contributed by atoms with Gasteiger partial charge in [0.15, 0.2) is 0 Å². The summed E-state index contributed by atoms with van der Waals surface area (Å²) in [4.78, 5) is 13.1. The second-order valence-electron chi connectivity index (χ2n) is 5.09. The Hall–Kier alpha value is -0.650. The van der Waals surface area contributed by atoms with Gasteiger partial charge in [-0.2, -0.15) is 0 Å². The van der Waals surface area contributed by atoms with Gasteiger partial charge >= 0.3 is 5.97 Å². The SMILES string of the molecule is CC1CCC(CN2CCC(N)(C(=O)O)C2)O1. The first-order valence-corrected chi connectivity index (χ1v) is 5.90. The van der Waals surface area contributed by atoms with E-state index in [1.54, 1.807) is 0 Å². The summed E-state index contributed by atoms with van der Waals surface area (Å²) in [5.41, 5.74) is 4.76. The fourth-order valence-electron chi connectivity index (χ4n) is 2.55. The van der Waals surface area contributed by atoms with Crippen LogP contribution >= 0.6 is 0 Å². The zero-order valence-electron chi connectivity index (χ0n) is 9.69. The van der Waals surface area contributed by atoms with Crippen LogP contribution in [0.5, 0.6) is 0 Å². The molecule has 0 aromatic rings. The predicted octanol–water partition coefficient (Wildman–Crippen LogP) is 0.0417. The third-order valence-electron chi connectivity index (χ3n) is 3.59. The summed E-state index contributed by atoms with van der Waals surface area (Å²) < 4.78 is 5.72. The Morgan fingerprint density at radius 1 is 1.62 bits per heavy atom. The first-order chi connectivity index (χ1) is 7.49. The van der Waals surface area contributed by atoms with E-state index in [-0.39, 0.29) is 6.10 Å². The molecule has 2 aliphatic heterocycles. The Kier molecular flexibility index (Phi) is 3.19. The molecule has 2 fully saturated rings. The topological polar surface area (TPSA) is 75.8 Å². The molecule has 0 saturated carbocycles. The fraction of sp³-hybridized carbons (Fsp3) is 0.909. The summed E-state index contributed by atoms with van der Waals surface area (Å²) in [7, 11) is 0. The van der Waals surface area contributed by atoms with Gasteiger partial charge in [0, 0.05) is 19.6 Å². The van der Waals surface area contributed by atoms with Gasteiger partial charge < -0.3 is 15.6 Å². The number of aliphatic carboxylic acids is 1. The summed E-state index contributed by atoms with van der Waals surface area (Å²) >= 11 is 0. The average Bonchev–Trinajstić information content (AvgIpc) is 2.75. The molecule has 3 unspecified atom stereocenters. The molecule has 0 spiro atoms. The number of carboxylic acids is 1. The number of likely N-dealkylation sites (tertiary alicyclic amines) is 1. The number of nitrogens with zero attached hydrogens (tertiary/aromatic N) is 1. The van der Waals surface area contributed by atoms with Crippen LogP contribution in [0.25, 0.3) is 0 Å². The van der Waals surface area contributed by atoms with E-state index in [9.17, 15) is 4.79 Å². The number of rotatable bonds is 3. The number of carboxylic acid groups (broad SMARTS) is 1. The maximum atomic E-state index is 11.0. The molecule has 0 radical (unpaired) electrons. The molecular formula is C11H20N2O3. The summed E-state index contributed by atoms with van der Waals surface area (Å²) in [6.45, 7) is 4.10. The molecule has 16 heavy (non-hydrogen) atoms. The van der Waals surface area contributed by atoms with Crippen molar-refractivity contribution in [3.63, 3.8) is 0 Å². The molecule has 0 aliphatic carbocycles. The Morgan fingerprint density at radius 2 is 2.38 bits per heavy atom. The molecule has 3 atom stereocenters. The number of ether oxygens (including phenoxy) is 1. The highest BCUT2D eigenvalue weighted by Crippen LogP contribution is 2.24. The van der Waals surface area contributed by atoms with Crippen LogP contribution in [0, 0.1) is 0 Å². The van der Waals surface area contributed by atoms with Crippen molar-refractivity contribution in [1.82, 2.24) is 4.90 Å². The van der Waals surface area contributed by atoms with E-state index in [1.807, 2.05) is 0 Å². The van der Waals surface area contributed by atoms with E-state index in [0.717, 1.165) is 25.9 Å². The van der Waals surface area contributed by atoms with Crippen LogP contribution < -0.4 is 5.73 Å². The van der Waals surface area contributed by atoms with E-state index < -0.39 is 11.5 Å². The standard InChI is InChI=1S/C11H20N2O3/c1-8-2-3-9(16-8)6-13-5-4-11(12,7-13)10(14)15/h8-9H,2-7,12H2,1H3,(H,14,15). The predicted molar refractivity (Wildman–Crippen MR) is 59.2 cm³/mol. The number of carbonyl (C=O) groups is 1. The molecular weight excluding hydrogens is 208 g/mol. The average molecular weight is 228 g/mol. The monoisotopic (exact) mass is 228 g/mol. The van der Waals surface area contributed by atoms with Gasteiger partial charge in [-0.3, -0.25) is 9.69 Å². The quantitative estimate of drug-likeness (QED) is 0.713. The first-order valence-electron chi connectivity index (χ1n) is 5.90. The van der Waals surface area contributed by atoms with Gasteiger partial charge in [0.25, 0.3) is 0 Å². The second-order valence-corrected chi connectivity index (χ2v) is 5.09. The lowest BCUT2D eigenvalue weighted by atomic mass is 10.0. The normalized spacial score (nSPS) is 40.4. The van der Waals surface area contributed by atoms with E-state index in [0.29, 0.717) is 19.1 Å². The minimum absolute atomic E-state index is 0.256. The van der Waals surface area contributed by atoms with Crippen molar-refractivity contribution in [1.29, 1.82) is 0 Å². The van der Waals surface area contributed by atoms with Gasteiger partial charge in [-0.25, -0.2) is 0 Å². The third kappa shape index (κ3) is 2.36. The van der Waals surface area contributed by atoms with Crippen LogP contribution in [0.4, 0.5) is 0 Å². The third-order valence-corrected chi connectivity index (χ3v) is 3.59. The van der Waals surface area contributed by atoms with Crippen LogP contribution in [0.1, 0.15) is 26.2 Å². The molecule has 0 aromatic heterocycles. The minimum Gasteiger partial charge on any atom is -0.480 e. The first kappa shape index (κ1) is 11.8.